The van der Waals surface area contributed by atoms with Gasteiger partial charge in [-0.2, -0.15) is 40.1 Å². The first-order valence-electron chi connectivity index (χ1n) is 18.9. The van der Waals surface area contributed by atoms with Gasteiger partial charge in [-0.05, 0) is 47.2 Å². The first-order valence-corrected chi connectivity index (χ1v) is 18.9. The average Bonchev–Trinajstić information content (AvgIpc) is 3.92. The van der Waals surface area contributed by atoms with Crippen molar-refractivity contribution in [2.24, 2.45) is 0 Å². The van der Waals surface area contributed by atoms with Crippen molar-refractivity contribution in [2.45, 2.75) is 0 Å². The van der Waals surface area contributed by atoms with Gasteiger partial charge in [0.1, 0.15) is 11.6 Å². The predicted octanol–water partition coefficient (Wildman–Crippen LogP) is 10.7. The Bertz CT molecular complexity index is 3360. The average molecular weight is 1150 g/mol. The Labute approximate surface area is 376 Å². The van der Waals surface area contributed by atoms with Gasteiger partial charge in [0, 0.05) is 46.4 Å². The van der Waals surface area contributed by atoms with E-state index in [1.807, 2.05) is 102 Å². The van der Waals surface area contributed by atoms with E-state index in [4.69, 9.17) is 9.47 Å². The third kappa shape index (κ3) is 6.38. The number of ether oxygens (including phenoxy) is 2. The summed E-state index contributed by atoms with van der Waals surface area (Å²) in [5, 5.41) is 14.7. The van der Waals surface area contributed by atoms with Crippen LogP contribution < -0.4 is 9.47 Å². The fourth-order valence-electron chi connectivity index (χ4n) is 8.04. The van der Waals surface area contributed by atoms with Crippen molar-refractivity contribution in [3.05, 3.63) is 183 Å². The van der Waals surface area contributed by atoms with Gasteiger partial charge in [0.25, 0.3) is 5.95 Å². The number of benzene rings is 6. The summed E-state index contributed by atoms with van der Waals surface area (Å²) < 4.78 is 19.1. The molecule has 6 aromatic heterocycles. The maximum atomic E-state index is 6.51. The molecule has 0 saturated heterocycles. The summed E-state index contributed by atoms with van der Waals surface area (Å²) in [5.41, 5.74) is 5.17. The Balaban J connectivity index is 0.00000223. The third-order valence-electron chi connectivity index (χ3n) is 10.5. The minimum absolute atomic E-state index is 0. The van der Waals surface area contributed by atoms with Gasteiger partial charge in [0.2, 0.25) is 0 Å². The zero-order valence-corrected chi connectivity index (χ0v) is 36.1. The van der Waals surface area contributed by atoms with Gasteiger partial charge >= 0.3 is 42.1 Å². The minimum Gasteiger partial charge on any atom is -0.509 e. The van der Waals surface area contributed by atoms with Crippen molar-refractivity contribution in [3.8, 4) is 40.6 Å². The van der Waals surface area contributed by atoms with Crippen molar-refractivity contribution in [1.29, 1.82) is 0 Å². The third-order valence-corrected chi connectivity index (χ3v) is 10.5. The molecule has 0 saturated carbocycles. The monoisotopic (exact) mass is 1150 g/mol. The van der Waals surface area contributed by atoms with E-state index in [-0.39, 0.29) is 42.1 Å². The molecule has 0 radical (unpaired) electrons. The second-order valence-electron chi connectivity index (χ2n) is 13.9. The molecule has 0 fully saturated rings. The molecule has 12 aromatic rings. The molecule has 12 heteroatoms. The fourth-order valence-corrected chi connectivity index (χ4v) is 8.04. The van der Waals surface area contributed by atoms with Crippen LogP contribution in [0.25, 0.3) is 83.0 Å². The molecule has 12 rings (SSSR count). The van der Waals surface area contributed by atoms with Crippen LogP contribution in [0.1, 0.15) is 0 Å². The first kappa shape index (κ1) is 38.2. The molecule has 0 aliphatic heterocycles. The van der Waals surface area contributed by atoms with Crippen LogP contribution in [-0.2, 0) is 42.1 Å². The van der Waals surface area contributed by atoms with Crippen LogP contribution in [-0.4, -0.2) is 38.9 Å². The van der Waals surface area contributed by atoms with Crippen LogP contribution in [0.5, 0.6) is 23.0 Å². The summed E-state index contributed by atoms with van der Waals surface area (Å²) in [5.74, 6) is 4.00. The molecule has 6 heterocycles. The van der Waals surface area contributed by atoms with Crippen LogP contribution in [0.3, 0.4) is 0 Å². The number of hydrogen-bond donors (Lipinski definition) is 0. The second-order valence-corrected chi connectivity index (χ2v) is 13.9. The largest absolute Gasteiger partial charge is 2.00 e. The van der Waals surface area contributed by atoms with Crippen LogP contribution in [0.4, 0.5) is 0 Å². The van der Waals surface area contributed by atoms with E-state index in [9.17, 15) is 0 Å². The molecule has 0 N–H and O–H groups in total. The second kappa shape index (κ2) is 15.6. The zero-order chi connectivity index (χ0) is 38.9. The first-order chi connectivity index (χ1) is 29.2. The van der Waals surface area contributed by atoms with Gasteiger partial charge in [0.05, 0.1) is 12.4 Å². The zero-order valence-electron chi connectivity index (χ0n) is 31.5. The molecule has 0 atom stereocenters. The van der Waals surface area contributed by atoms with Gasteiger partial charge in [-0.25, -0.2) is 15.0 Å². The van der Waals surface area contributed by atoms with Crippen LogP contribution >= 0.6 is 0 Å². The fraction of sp³-hybridized carbons (Fsp3) is 0. The minimum atomic E-state index is 0. The van der Waals surface area contributed by atoms with Crippen molar-refractivity contribution < 1.29 is 51.6 Å². The van der Waals surface area contributed by atoms with E-state index in [0.29, 0.717) is 40.0 Å². The normalized spacial score (nSPS) is 11.3. The van der Waals surface area contributed by atoms with Gasteiger partial charge in [-0.15, -0.1) is 64.4 Å². The maximum absolute atomic E-state index is 6.51. The Hall–Kier alpha value is -6.99. The summed E-state index contributed by atoms with van der Waals surface area (Å²) in [6, 6.07) is 58.1. The van der Waals surface area contributed by atoms with Crippen LogP contribution in [0.2, 0.25) is 0 Å². The van der Waals surface area contributed by atoms with Crippen molar-refractivity contribution >= 4 is 65.4 Å². The molecule has 0 aliphatic rings. The van der Waals surface area contributed by atoms with E-state index in [1.165, 1.54) is 0 Å². The quantitative estimate of drug-likeness (QED) is 0.147. The molecule has 0 unspecified atom stereocenters. The molecular weight excluding hydrogens is 1120 g/mol. The molecule has 294 valence electrons. The summed E-state index contributed by atoms with van der Waals surface area (Å²) >= 11 is 0. The molecule has 0 amide bonds. The van der Waals surface area contributed by atoms with Crippen molar-refractivity contribution in [2.75, 3.05) is 0 Å². The van der Waals surface area contributed by atoms with Crippen molar-refractivity contribution in [1.82, 2.24) is 38.9 Å². The summed E-state index contributed by atoms with van der Waals surface area (Å²) in [6.07, 6.45) is 6.73. The molecule has 61 heavy (non-hydrogen) atoms. The van der Waals surface area contributed by atoms with Gasteiger partial charge in [-0.3, -0.25) is 0 Å². The summed E-state index contributed by atoms with van der Waals surface area (Å²) in [4.78, 5) is 13.9. The Morgan fingerprint density at radius 3 is 1.18 bits per heavy atom. The molecule has 6 aromatic carbocycles. The van der Waals surface area contributed by atoms with Gasteiger partial charge in [-0.1, -0.05) is 70.6 Å². The molecule has 0 spiro atoms. The summed E-state index contributed by atoms with van der Waals surface area (Å²) in [6.45, 7) is 0. The van der Waals surface area contributed by atoms with E-state index in [0.717, 1.165) is 66.0 Å². The molecular formula is C49H26N8O2Pt2. The number of hydrogen-bond acceptors (Lipinski definition) is 7. The predicted molar refractivity (Wildman–Crippen MR) is 227 cm³/mol. The number of aromatic nitrogens is 8. The molecule has 0 bridgehead atoms. The number of pyridine rings is 2. The Kier molecular flexibility index (Phi) is 9.75. The Morgan fingerprint density at radius 1 is 0.361 bits per heavy atom. The van der Waals surface area contributed by atoms with E-state index < -0.39 is 0 Å². The number of para-hydroxylation sites is 2. The van der Waals surface area contributed by atoms with E-state index >= 15 is 0 Å². The van der Waals surface area contributed by atoms with Crippen molar-refractivity contribution in [3.63, 3.8) is 0 Å². The standard InChI is InChI=1S/C49H26N8O2.2Pt/c1-3-11-41-35(9-1)37-19-15-31(27-43(37)55(41)47-13-5-7-23-50-47)58-33-17-21-39-40-22-18-34(30-46(40)57(45(39)29-33)49-52-25-26-53-54-49)59-32-16-20-38-36-10-2-4-12-42(36)56(44(38)28-32)48-14-6-8-24-51-48;;/h1-26H;;/q-4;2*+2. The number of rotatable bonds is 7. The maximum Gasteiger partial charge on any atom is 2.00 e. The number of fused-ring (bicyclic) bond motifs is 9. The van der Waals surface area contributed by atoms with Gasteiger partial charge < -0.3 is 23.2 Å². The molecule has 0 aliphatic carbocycles. The topological polar surface area (TPSA) is 97.7 Å². The SMILES string of the molecule is [Pt+2].[Pt+2].[c-]1c(Oc2[c-]c3c(cc2)c2ccccc2n3-c2ccccn2)ccc2c3ccc(Oc4[c-]c5c(cc4)c4ccccc4n5-c4ccccn4)[c-]c3n(-c3nccnn3)c12. The van der Waals surface area contributed by atoms with Crippen LogP contribution in [0, 0.1) is 24.3 Å². The number of nitrogens with zero attached hydrogens (tertiary/aromatic N) is 8. The van der Waals surface area contributed by atoms with Crippen LogP contribution in [0.15, 0.2) is 158 Å². The molecule has 10 nitrogen and oxygen atoms in total. The smallest absolute Gasteiger partial charge is 0.509 e. The van der Waals surface area contributed by atoms with Gasteiger partial charge in [0.15, 0.2) is 0 Å². The Morgan fingerprint density at radius 2 is 0.770 bits per heavy atom. The van der Waals surface area contributed by atoms with E-state index in [2.05, 4.69) is 94.9 Å². The summed E-state index contributed by atoms with van der Waals surface area (Å²) in [7, 11) is 0. The van der Waals surface area contributed by atoms with E-state index in [1.54, 1.807) is 24.8 Å².